The van der Waals surface area contributed by atoms with E-state index in [0.29, 0.717) is 24.2 Å². The van der Waals surface area contributed by atoms with Gasteiger partial charge in [-0.15, -0.1) is 0 Å². The molecule has 0 aromatic heterocycles. The van der Waals surface area contributed by atoms with Gasteiger partial charge in [-0.05, 0) is 37.0 Å². The predicted molar refractivity (Wildman–Crippen MR) is 80.0 cm³/mol. The number of hydrogen-bond donors (Lipinski definition) is 0. The van der Waals surface area contributed by atoms with E-state index in [1.165, 1.54) is 25.7 Å². The van der Waals surface area contributed by atoms with Gasteiger partial charge in [0.1, 0.15) is 6.10 Å². The lowest BCUT2D eigenvalue weighted by Crippen LogP contribution is -2.35. The zero-order chi connectivity index (χ0) is 14.3. The van der Waals surface area contributed by atoms with E-state index in [4.69, 9.17) is 4.74 Å². The third-order valence-electron chi connectivity index (χ3n) is 4.48. The number of esters is 1. The molecule has 0 radical (unpaired) electrons. The molecule has 112 valence electrons. The fourth-order valence-corrected chi connectivity index (χ4v) is 3.17. The van der Waals surface area contributed by atoms with Crippen LogP contribution in [0.15, 0.2) is 0 Å². The van der Waals surface area contributed by atoms with Crippen molar-refractivity contribution in [2.24, 2.45) is 17.8 Å². The maximum absolute atomic E-state index is 11.9. The van der Waals surface area contributed by atoms with Crippen molar-refractivity contribution in [1.82, 2.24) is 0 Å². The normalized spacial score (nSPS) is 27.5. The summed E-state index contributed by atoms with van der Waals surface area (Å²) in [4.78, 5) is 11.9. The molecule has 0 aliphatic heterocycles. The number of ether oxygens (including phenoxy) is 1. The van der Waals surface area contributed by atoms with Gasteiger partial charge in [0.15, 0.2) is 0 Å². The molecule has 2 heteroatoms. The monoisotopic (exact) mass is 268 g/mol. The highest BCUT2D eigenvalue weighted by Crippen LogP contribution is 2.35. The van der Waals surface area contributed by atoms with Gasteiger partial charge < -0.3 is 4.74 Å². The van der Waals surface area contributed by atoms with Crippen molar-refractivity contribution in [1.29, 1.82) is 0 Å². The van der Waals surface area contributed by atoms with Gasteiger partial charge in [-0.3, -0.25) is 4.79 Å². The number of carbonyl (C=O) groups is 1. The van der Waals surface area contributed by atoms with Crippen molar-refractivity contribution in [2.45, 2.75) is 85.2 Å². The smallest absolute Gasteiger partial charge is 0.306 e. The summed E-state index contributed by atoms with van der Waals surface area (Å²) >= 11 is 0. The Bertz CT molecular complexity index is 260. The van der Waals surface area contributed by atoms with Gasteiger partial charge in [-0.1, -0.05) is 53.4 Å². The number of rotatable bonds is 7. The maximum atomic E-state index is 11.9. The van der Waals surface area contributed by atoms with E-state index >= 15 is 0 Å². The molecule has 19 heavy (non-hydrogen) atoms. The zero-order valence-corrected chi connectivity index (χ0v) is 13.3. The highest BCUT2D eigenvalue weighted by atomic mass is 16.5. The Balaban J connectivity index is 2.36. The summed E-state index contributed by atoms with van der Waals surface area (Å²) in [6, 6.07) is 0. The summed E-state index contributed by atoms with van der Waals surface area (Å²) in [6.45, 7) is 8.97. The summed E-state index contributed by atoms with van der Waals surface area (Å²) in [5.74, 6) is 1.91. The molecular formula is C17H32O2. The van der Waals surface area contributed by atoms with Gasteiger partial charge in [0.2, 0.25) is 0 Å². The quantitative estimate of drug-likeness (QED) is 0.482. The Morgan fingerprint density at radius 1 is 1.21 bits per heavy atom. The molecule has 0 unspecified atom stereocenters. The molecule has 0 heterocycles. The summed E-state index contributed by atoms with van der Waals surface area (Å²) in [5.41, 5.74) is 0. The maximum Gasteiger partial charge on any atom is 0.306 e. The topological polar surface area (TPSA) is 26.3 Å². The molecule has 0 amide bonds. The first-order valence-electron chi connectivity index (χ1n) is 8.24. The molecule has 1 saturated carbocycles. The van der Waals surface area contributed by atoms with Crippen molar-refractivity contribution >= 4 is 5.97 Å². The molecule has 0 bridgehead atoms. The third kappa shape index (κ3) is 5.97. The van der Waals surface area contributed by atoms with Crippen molar-refractivity contribution < 1.29 is 9.53 Å². The van der Waals surface area contributed by atoms with Gasteiger partial charge in [0.05, 0.1) is 0 Å². The summed E-state index contributed by atoms with van der Waals surface area (Å²) in [5, 5.41) is 0. The van der Waals surface area contributed by atoms with E-state index in [2.05, 4.69) is 27.7 Å². The fraction of sp³-hybridized carbons (Fsp3) is 0.941. The minimum Gasteiger partial charge on any atom is -0.462 e. The molecule has 0 saturated heterocycles. The lowest BCUT2D eigenvalue weighted by Gasteiger charge is -2.36. The van der Waals surface area contributed by atoms with E-state index in [1.54, 1.807) is 0 Å². The molecule has 0 aromatic carbocycles. The van der Waals surface area contributed by atoms with E-state index in [0.717, 1.165) is 19.3 Å². The zero-order valence-electron chi connectivity index (χ0n) is 13.3. The van der Waals surface area contributed by atoms with Crippen LogP contribution in [0.3, 0.4) is 0 Å². The highest BCUT2D eigenvalue weighted by Gasteiger charge is 2.33. The number of hydrogen-bond acceptors (Lipinski definition) is 2. The average molecular weight is 268 g/mol. The van der Waals surface area contributed by atoms with Gasteiger partial charge in [-0.2, -0.15) is 0 Å². The minimum absolute atomic E-state index is 0.0286. The van der Waals surface area contributed by atoms with Crippen LogP contribution in [0.1, 0.15) is 79.1 Å². The van der Waals surface area contributed by atoms with Crippen LogP contribution in [0, 0.1) is 17.8 Å². The molecule has 0 aromatic rings. The SMILES string of the molecule is CCCCCCC(=O)O[C@@H]1C[C@@H](C)CC[C@@H]1C(C)C. The van der Waals surface area contributed by atoms with Crippen LogP contribution in [-0.2, 0) is 9.53 Å². The van der Waals surface area contributed by atoms with E-state index in [-0.39, 0.29) is 12.1 Å². The standard InChI is InChI=1S/C17H32O2/c1-5-6-7-8-9-17(18)19-16-12-14(4)10-11-15(16)13(2)3/h13-16H,5-12H2,1-4H3/t14-,15+,16+/m0/s1. The van der Waals surface area contributed by atoms with Crippen LogP contribution in [0.2, 0.25) is 0 Å². The first-order valence-corrected chi connectivity index (χ1v) is 8.24. The Hall–Kier alpha value is -0.530. The first-order chi connectivity index (χ1) is 9.04. The van der Waals surface area contributed by atoms with Crippen LogP contribution < -0.4 is 0 Å². The van der Waals surface area contributed by atoms with E-state index in [9.17, 15) is 4.79 Å². The Labute approximate surface area is 119 Å². The molecule has 3 atom stereocenters. The summed E-state index contributed by atoms with van der Waals surface area (Å²) in [7, 11) is 0. The molecule has 1 aliphatic carbocycles. The molecule has 1 rings (SSSR count). The fourth-order valence-electron chi connectivity index (χ4n) is 3.17. The Morgan fingerprint density at radius 2 is 1.95 bits per heavy atom. The first kappa shape index (κ1) is 16.5. The van der Waals surface area contributed by atoms with E-state index < -0.39 is 0 Å². The van der Waals surface area contributed by atoms with Gasteiger partial charge in [0.25, 0.3) is 0 Å². The summed E-state index contributed by atoms with van der Waals surface area (Å²) in [6.07, 6.45) is 8.91. The summed E-state index contributed by atoms with van der Waals surface area (Å²) < 4.78 is 5.78. The second-order valence-electron chi connectivity index (χ2n) is 6.67. The number of carbonyl (C=O) groups excluding carboxylic acids is 1. The molecule has 2 nitrogen and oxygen atoms in total. The Kier molecular flexibility index (Phi) is 7.48. The molecule has 1 fully saturated rings. The molecule has 1 aliphatic rings. The largest absolute Gasteiger partial charge is 0.462 e. The van der Waals surface area contributed by atoms with Crippen LogP contribution in [0.5, 0.6) is 0 Å². The van der Waals surface area contributed by atoms with Crippen molar-refractivity contribution in [3.63, 3.8) is 0 Å². The van der Waals surface area contributed by atoms with Crippen LogP contribution in [0.25, 0.3) is 0 Å². The van der Waals surface area contributed by atoms with Crippen molar-refractivity contribution in [2.75, 3.05) is 0 Å². The van der Waals surface area contributed by atoms with E-state index in [1.807, 2.05) is 0 Å². The van der Waals surface area contributed by atoms with Gasteiger partial charge in [0, 0.05) is 6.42 Å². The average Bonchev–Trinajstić information content (AvgIpc) is 2.34. The number of unbranched alkanes of at least 4 members (excludes halogenated alkanes) is 3. The predicted octanol–water partition coefficient (Wildman–Crippen LogP) is 4.96. The second-order valence-corrected chi connectivity index (χ2v) is 6.67. The van der Waals surface area contributed by atoms with Crippen molar-refractivity contribution in [3.05, 3.63) is 0 Å². The Morgan fingerprint density at radius 3 is 2.58 bits per heavy atom. The lowest BCUT2D eigenvalue weighted by atomic mass is 9.75. The van der Waals surface area contributed by atoms with Crippen molar-refractivity contribution in [3.8, 4) is 0 Å². The van der Waals surface area contributed by atoms with Crippen LogP contribution >= 0.6 is 0 Å². The highest BCUT2D eigenvalue weighted by molar-refractivity contribution is 5.69. The molecular weight excluding hydrogens is 236 g/mol. The lowest BCUT2D eigenvalue weighted by molar-refractivity contribution is -0.156. The minimum atomic E-state index is 0.0286. The molecule has 0 spiro atoms. The van der Waals surface area contributed by atoms with Gasteiger partial charge in [-0.25, -0.2) is 0 Å². The third-order valence-corrected chi connectivity index (χ3v) is 4.48. The van der Waals surface area contributed by atoms with Crippen LogP contribution in [-0.4, -0.2) is 12.1 Å². The van der Waals surface area contributed by atoms with Crippen LogP contribution in [0.4, 0.5) is 0 Å². The molecule has 0 N–H and O–H groups in total. The second kappa shape index (κ2) is 8.60. The van der Waals surface area contributed by atoms with Gasteiger partial charge >= 0.3 is 5.97 Å².